The molecule has 3 rings (SSSR count). The van der Waals surface area contributed by atoms with Crippen LogP contribution in [0.1, 0.15) is 73.7 Å². The van der Waals surface area contributed by atoms with Gasteiger partial charge in [-0.25, -0.2) is 4.79 Å². The fourth-order valence-electron chi connectivity index (χ4n) is 3.32. The topological polar surface area (TPSA) is 110 Å². The first-order chi connectivity index (χ1) is 15.4. The molecular weight excluding hydrogens is 468 g/mol. The first-order valence-electron chi connectivity index (χ1n) is 10.8. The van der Waals surface area contributed by atoms with E-state index in [4.69, 9.17) is 4.74 Å². The highest BCUT2D eigenvalue weighted by Gasteiger charge is 2.28. The van der Waals surface area contributed by atoms with Gasteiger partial charge in [0, 0.05) is 11.3 Å². The fraction of sp³-hybridized carbons (Fsp3) is 0.571. The molecule has 8 nitrogen and oxygen atoms in total. The van der Waals surface area contributed by atoms with Crippen LogP contribution in [0.2, 0.25) is 0 Å². The quantitative estimate of drug-likeness (QED) is 0.273. The smallest absolute Gasteiger partial charge is 0.341 e. The van der Waals surface area contributed by atoms with Gasteiger partial charge >= 0.3 is 5.97 Å². The molecule has 0 aliphatic heterocycles. The second-order valence-corrected chi connectivity index (χ2v) is 11.1. The van der Waals surface area contributed by atoms with Crippen LogP contribution < -0.4 is 10.6 Å². The normalized spacial score (nSPS) is 13.8. The second-order valence-electron chi connectivity index (χ2n) is 7.41. The number of esters is 1. The number of thioether (sulfide) groups is 1. The zero-order chi connectivity index (χ0) is 23.1. The number of nitrogens with zero attached hydrogens (tertiary/aromatic N) is 2. The molecule has 2 N–H and O–H groups in total. The van der Waals surface area contributed by atoms with Crippen LogP contribution >= 0.6 is 34.4 Å². The largest absolute Gasteiger partial charge is 0.462 e. The van der Waals surface area contributed by atoms with Gasteiger partial charge in [-0.3, -0.25) is 9.59 Å². The summed E-state index contributed by atoms with van der Waals surface area (Å²) < 4.78 is 5.84. The molecule has 1 aliphatic rings. The number of carbonyl (C=O) groups is 3. The van der Waals surface area contributed by atoms with Crippen molar-refractivity contribution in [1.29, 1.82) is 0 Å². The van der Waals surface area contributed by atoms with E-state index in [0.717, 1.165) is 49.0 Å². The summed E-state index contributed by atoms with van der Waals surface area (Å²) in [7, 11) is 0. The predicted molar refractivity (Wildman–Crippen MR) is 129 cm³/mol. The third kappa shape index (κ3) is 6.29. The molecule has 0 fully saturated rings. The van der Waals surface area contributed by atoms with E-state index < -0.39 is 5.25 Å². The minimum atomic E-state index is -0.458. The molecule has 0 aromatic carbocycles. The van der Waals surface area contributed by atoms with E-state index in [1.54, 1.807) is 13.8 Å². The third-order valence-electron chi connectivity index (χ3n) is 4.94. The van der Waals surface area contributed by atoms with Crippen molar-refractivity contribution >= 4 is 62.4 Å². The SMILES string of the molecule is CCCCC(=O)Nc1nnc(SC(C)C(=O)Nc2sc3c(c2C(=O)OCC)CCCC3)s1. The molecule has 32 heavy (non-hydrogen) atoms. The summed E-state index contributed by atoms with van der Waals surface area (Å²) in [6.45, 7) is 5.87. The maximum absolute atomic E-state index is 12.9. The summed E-state index contributed by atoms with van der Waals surface area (Å²) in [5.74, 6) is -0.684. The van der Waals surface area contributed by atoms with E-state index >= 15 is 0 Å². The predicted octanol–water partition coefficient (Wildman–Crippen LogP) is 4.90. The Labute approximate surface area is 199 Å². The van der Waals surface area contributed by atoms with Crippen molar-refractivity contribution < 1.29 is 19.1 Å². The molecule has 0 saturated heterocycles. The van der Waals surface area contributed by atoms with Gasteiger partial charge in [0.2, 0.25) is 16.9 Å². The van der Waals surface area contributed by atoms with E-state index in [2.05, 4.69) is 20.8 Å². The van der Waals surface area contributed by atoms with E-state index in [1.807, 2.05) is 6.92 Å². The number of hydrogen-bond donors (Lipinski definition) is 2. The Balaban J connectivity index is 1.64. The lowest BCUT2D eigenvalue weighted by Crippen LogP contribution is -2.23. The Morgan fingerprint density at radius 1 is 1.12 bits per heavy atom. The summed E-state index contributed by atoms with van der Waals surface area (Å²) in [5.41, 5.74) is 1.52. The number of ether oxygens (including phenoxy) is 1. The van der Waals surface area contributed by atoms with Crippen molar-refractivity contribution in [3.8, 4) is 0 Å². The average molecular weight is 497 g/mol. The third-order valence-corrected chi connectivity index (χ3v) is 8.17. The number of anilines is 2. The highest BCUT2D eigenvalue weighted by Crippen LogP contribution is 2.39. The first kappa shape index (κ1) is 24.7. The zero-order valence-electron chi connectivity index (χ0n) is 18.5. The minimum Gasteiger partial charge on any atom is -0.462 e. The standard InChI is InChI=1S/C21H28N4O4S3/c1-4-6-11-15(26)22-20-24-25-21(32-20)30-12(3)17(27)23-18-16(19(28)29-5-2)13-9-7-8-10-14(13)31-18/h12H,4-11H2,1-3H3,(H,23,27)(H,22,24,26). The molecule has 174 valence electrons. The molecule has 0 radical (unpaired) electrons. The second kappa shape index (κ2) is 11.8. The molecule has 11 heteroatoms. The number of unbranched alkanes of at least 4 members (excludes halogenated alkanes) is 1. The number of rotatable bonds is 10. The Hall–Kier alpha value is -1.98. The molecule has 2 heterocycles. The Morgan fingerprint density at radius 2 is 1.91 bits per heavy atom. The molecule has 1 unspecified atom stereocenters. The maximum Gasteiger partial charge on any atom is 0.341 e. The maximum atomic E-state index is 12.9. The van der Waals surface area contributed by atoms with Gasteiger partial charge in [0.15, 0.2) is 4.34 Å². The summed E-state index contributed by atoms with van der Waals surface area (Å²) >= 11 is 3.98. The molecule has 1 aliphatic carbocycles. The van der Waals surface area contributed by atoms with Gasteiger partial charge in [-0.2, -0.15) is 0 Å². The van der Waals surface area contributed by atoms with E-state index in [0.29, 0.717) is 26.5 Å². The molecular formula is C21H28N4O4S3. The van der Waals surface area contributed by atoms with Gasteiger partial charge in [-0.05, 0) is 51.5 Å². The number of amides is 2. The van der Waals surface area contributed by atoms with Crippen LogP contribution in [-0.4, -0.2) is 39.8 Å². The van der Waals surface area contributed by atoms with Gasteiger partial charge in [0.1, 0.15) is 5.00 Å². The van der Waals surface area contributed by atoms with Crippen LogP contribution in [-0.2, 0) is 27.2 Å². The van der Waals surface area contributed by atoms with Gasteiger partial charge in [-0.1, -0.05) is 36.4 Å². The van der Waals surface area contributed by atoms with Crippen LogP contribution in [0.5, 0.6) is 0 Å². The van der Waals surface area contributed by atoms with E-state index in [-0.39, 0.29) is 24.4 Å². The molecule has 0 saturated carbocycles. The van der Waals surface area contributed by atoms with Crippen LogP contribution in [0, 0.1) is 0 Å². The van der Waals surface area contributed by atoms with Gasteiger partial charge in [-0.15, -0.1) is 21.5 Å². The van der Waals surface area contributed by atoms with E-state index in [9.17, 15) is 14.4 Å². The summed E-state index contributed by atoms with van der Waals surface area (Å²) in [5, 5.41) is 14.3. The molecule has 0 spiro atoms. The summed E-state index contributed by atoms with van der Waals surface area (Å²) in [6, 6.07) is 0. The van der Waals surface area contributed by atoms with Crippen LogP contribution in [0.15, 0.2) is 4.34 Å². The van der Waals surface area contributed by atoms with Gasteiger partial charge < -0.3 is 15.4 Å². The van der Waals surface area contributed by atoms with Crippen molar-refractivity contribution in [2.24, 2.45) is 0 Å². The zero-order valence-corrected chi connectivity index (χ0v) is 20.9. The molecule has 0 bridgehead atoms. The van der Waals surface area contributed by atoms with Crippen LogP contribution in [0.4, 0.5) is 10.1 Å². The van der Waals surface area contributed by atoms with Crippen molar-refractivity contribution in [2.75, 3.05) is 17.2 Å². The molecule has 2 aromatic heterocycles. The summed E-state index contributed by atoms with van der Waals surface area (Å²) in [4.78, 5) is 38.5. The fourth-order valence-corrected chi connectivity index (χ4v) is 6.51. The Kier molecular flexibility index (Phi) is 9.06. The first-order valence-corrected chi connectivity index (χ1v) is 13.4. The number of thiophene rings is 1. The molecule has 1 atom stereocenters. The Morgan fingerprint density at radius 3 is 2.66 bits per heavy atom. The number of nitrogens with one attached hydrogen (secondary N) is 2. The lowest BCUT2D eigenvalue weighted by molar-refractivity contribution is -0.116. The van der Waals surface area contributed by atoms with Crippen LogP contribution in [0.25, 0.3) is 0 Å². The lowest BCUT2D eigenvalue weighted by Gasteiger charge is -2.13. The van der Waals surface area contributed by atoms with Crippen LogP contribution in [0.3, 0.4) is 0 Å². The van der Waals surface area contributed by atoms with Crippen molar-refractivity contribution in [3.63, 3.8) is 0 Å². The van der Waals surface area contributed by atoms with Gasteiger partial charge in [0.05, 0.1) is 17.4 Å². The van der Waals surface area contributed by atoms with E-state index in [1.165, 1.54) is 34.4 Å². The number of fused-ring (bicyclic) bond motifs is 1. The highest BCUT2D eigenvalue weighted by atomic mass is 32.2. The number of hydrogen-bond acceptors (Lipinski definition) is 9. The number of aromatic nitrogens is 2. The van der Waals surface area contributed by atoms with Gasteiger partial charge in [0.25, 0.3) is 0 Å². The number of aryl methyl sites for hydroxylation is 1. The summed E-state index contributed by atoms with van der Waals surface area (Å²) in [6.07, 6.45) is 6.09. The minimum absolute atomic E-state index is 0.0847. The monoisotopic (exact) mass is 496 g/mol. The molecule has 2 aromatic rings. The average Bonchev–Trinajstić information content (AvgIpc) is 3.35. The van der Waals surface area contributed by atoms with Crippen molar-refractivity contribution in [2.45, 2.75) is 75.3 Å². The highest BCUT2D eigenvalue weighted by molar-refractivity contribution is 8.02. The Bertz CT molecular complexity index is 972. The lowest BCUT2D eigenvalue weighted by atomic mass is 9.95. The number of carbonyl (C=O) groups excluding carboxylic acids is 3. The molecule has 2 amide bonds. The van der Waals surface area contributed by atoms with Crippen molar-refractivity contribution in [3.05, 3.63) is 16.0 Å². The van der Waals surface area contributed by atoms with Crippen molar-refractivity contribution in [1.82, 2.24) is 10.2 Å².